The van der Waals surface area contributed by atoms with Crippen LogP contribution in [-0.4, -0.2) is 117 Å². The fraction of sp³-hybridized carbons (Fsp3) is 0.886. The lowest BCUT2D eigenvalue weighted by molar-refractivity contribution is -0.267. The number of carbonyl (C=O) groups is 4. The Balaban J connectivity index is 2.70. The number of nitrogens with two attached hydrogens (primary N) is 2. The van der Waals surface area contributed by atoms with E-state index in [1.165, 1.54) is 71.6 Å². The zero-order valence-electron chi connectivity index (χ0n) is 32.1. The Kier molecular flexibility index (Phi) is 24.5. The third kappa shape index (κ3) is 20.3. The van der Waals surface area contributed by atoms with E-state index >= 15 is 0 Å². The molecule has 9 atom stereocenters. The Labute approximate surface area is 314 Å². The Morgan fingerprint density at radius 1 is 0.906 bits per heavy atom. The molecular weight excluding hydrogens is 715 g/mol. The number of unbranched alkanes of at least 4 members (excludes halogenated alkanes) is 13. The normalized spacial score (nSPS) is 23.1. The van der Waals surface area contributed by atoms with Crippen molar-refractivity contribution in [3.05, 3.63) is 0 Å². The average molecular weight is 783 g/mol. The molecule has 9 N–H and O–H groups in total. The van der Waals surface area contributed by atoms with E-state index in [0.717, 1.165) is 37.5 Å². The molecule has 0 aromatic rings. The number of aliphatic hydroxyl groups excluding tert-OH is 2. The minimum atomic E-state index is -4.58. The van der Waals surface area contributed by atoms with Crippen LogP contribution < -0.4 is 16.8 Å². The lowest BCUT2D eigenvalue weighted by Crippen LogP contribution is -2.65. The zero-order chi connectivity index (χ0) is 40.0. The Morgan fingerprint density at radius 2 is 1.43 bits per heavy atom. The third-order valence-electron chi connectivity index (χ3n) is 9.07. The first kappa shape index (κ1) is 48.8. The number of hydrogen-bond donors (Lipinski definition) is 7. The van der Waals surface area contributed by atoms with Gasteiger partial charge in [0.2, 0.25) is 17.7 Å². The number of nitrogens with one attached hydrogen (secondary N) is 1. The van der Waals surface area contributed by atoms with Crippen LogP contribution in [0.3, 0.4) is 0 Å². The predicted molar refractivity (Wildman–Crippen MR) is 196 cm³/mol. The average Bonchev–Trinajstić information content (AvgIpc) is 3.07. The summed E-state index contributed by atoms with van der Waals surface area (Å²) < 4.78 is 34.2. The summed E-state index contributed by atoms with van der Waals surface area (Å²) in [5, 5.41) is 33.5. The van der Waals surface area contributed by atoms with Crippen LogP contribution in [0, 0.1) is 0 Å². The second-order valence-electron chi connectivity index (χ2n) is 14.0. The number of carbonyl (C=O) groups excluding carboxylic acids is 3. The third-order valence-corrected chi connectivity index (χ3v) is 10.1. The van der Waals surface area contributed by atoms with Gasteiger partial charge in [0.05, 0.1) is 25.4 Å². The number of rotatable bonds is 30. The summed E-state index contributed by atoms with van der Waals surface area (Å²) in [6.45, 7) is 5.16. The van der Waals surface area contributed by atoms with E-state index in [-0.39, 0.29) is 19.6 Å². The van der Waals surface area contributed by atoms with Crippen LogP contribution in [0.1, 0.15) is 130 Å². The number of primary amides is 1. The fourth-order valence-corrected chi connectivity index (χ4v) is 7.01. The van der Waals surface area contributed by atoms with E-state index in [2.05, 4.69) is 12.2 Å². The summed E-state index contributed by atoms with van der Waals surface area (Å²) >= 11 is 0. The number of carboxylic acids is 1. The summed E-state index contributed by atoms with van der Waals surface area (Å²) in [5.41, 5.74) is 11.3. The van der Waals surface area contributed by atoms with Gasteiger partial charge in [0.1, 0.15) is 30.4 Å². The standard InChI is InChI=1S/C35H67N4O13P/c1-5-6-7-8-9-10-11-12-13-14-15-16-17-18-21-49-53(47,48)50-23-28-31(43)32(30(35(46)52-28)38-26(4)40)51-24(2)22-39(34(45)25(3)36)27(33(37)44)19-20-29(41)42/h24-25,27-28,30-32,35,43,46H,5-23,36H2,1-4H3,(H2,37,44)(H,38,40)(H,41,42)(H,47,48)/t24?,25-,27+,28+,30+,31+,32+,35-/m0/s1. The number of phosphoric acid groups is 1. The van der Waals surface area contributed by atoms with E-state index in [0.29, 0.717) is 6.42 Å². The number of phosphoric ester groups is 1. The molecule has 1 heterocycles. The number of carboxylic acid groups (broad SMARTS) is 1. The minimum Gasteiger partial charge on any atom is -0.481 e. The second-order valence-corrected chi connectivity index (χ2v) is 15.5. The van der Waals surface area contributed by atoms with Crippen molar-refractivity contribution < 1.29 is 62.5 Å². The van der Waals surface area contributed by atoms with Crippen LogP contribution in [0.2, 0.25) is 0 Å². The first-order valence-electron chi connectivity index (χ1n) is 19.1. The lowest BCUT2D eigenvalue weighted by Gasteiger charge is -2.44. The van der Waals surface area contributed by atoms with Crippen LogP contribution in [0.25, 0.3) is 0 Å². The molecule has 1 saturated heterocycles. The topological polar surface area (TPSA) is 270 Å². The highest BCUT2D eigenvalue weighted by Crippen LogP contribution is 2.44. The maximum Gasteiger partial charge on any atom is 0.472 e. The predicted octanol–water partition coefficient (Wildman–Crippen LogP) is 2.85. The van der Waals surface area contributed by atoms with Gasteiger partial charge in [-0.05, 0) is 26.7 Å². The smallest absolute Gasteiger partial charge is 0.472 e. The van der Waals surface area contributed by atoms with E-state index in [4.69, 9.17) is 35.1 Å². The van der Waals surface area contributed by atoms with Gasteiger partial charge < -0.3 is 51.4 Å². The van der Waals surface area contributed by atoms with Crippen molar-refractivity contribution >= 4 is 31.5 Å². The van der Waals surface area contributed by atoms with Crippen molar-refractivity contribution in [1.82, 2.24) is 10.2 Å². The number of amides is 3. The van der Waals surface area contributed by atoms with Crippen LogP contribution in [0.15, 0.2) is 0 Å². The van der Waals surface area contributed by atoms with Crippen molar-refractivity contribution in [2.45, 2.75) is 179 Å². The van der Waals surface area contributed by atoms with Crippen LogP contribution in [0.4, 0.5) is 0 Å². The summed E-state index contributed by atoms with van der Waals surface area (Å²) in [6.07, 6.45) is 8.16. The van der Waals surface area contributed by atoms with Crippen molar-refractivity contribution in [2.75, 3.05) is 19.8 Å². The van der Waals surface area contributed by atoms with Crippen molar-refractivity contribution in [3.63, 3.8) is 0 Å². The largest absolute Gasteiger partial charge is 0.481 e. The molecule has 18 heteroatoms. The van der Waals surface area contributed by atoms with E-state index < -0.39 is 93.4 Å². The highest BCUT2D eigenvalue weighted by Gasteiger charge is 2.47. The fourth-order valence-electron chi connectivity index (χ4n) is 6.24. The number of ether oxygens (including phenoxy) is 2. The zero-order valence-corrected chi connectivity index (χ0v) is 33.0. The molecule has 0 radical (unpaired) electrons. The molecule has 0 bridgehead atoms. The van der Waals surface area contributed by atoms with E-state index in [1.54, 1.807) is 0 Å². The van der Waals surface area contributed by atoms with Crippen LogP contribution in [0.5, 0.6) is 0 Å². The molecule has 0 saturated carbocycles. The monoisotopic (exact) mass is 782 g/mol. The number of aliphatic hydroxyl groups is 2. The first-order chi connectivity index (χ1) is 25.0. The molecule has 0 aliphatic carbocycles. The van der Waals surface area contributed by atoms with Gasteiger partial charge in [-0.15, -0.1) is 0 Å². The molecule has 53 heavy (non-hydrogen) atoms. The van der Waals surface area contributed by atoms with Gasteiger partial charge in [-0.2, -0.15) is 0 Å². The van der Waals surface area contributed by atoms with Crippen molar-refractivity contribution in [2.24, 2.45) is 11.5 Å². The van der Waals surface area contributed by atoms with Gasteiger partial charge in [-0.25, -0.2) is 4.57 Å². The van der Waals surface area contributed by atoms with Gasteiger partial charge >= 0.3 is 13.8 Å². The van der Waals surface area contributed by atoms with Crippen molar-refractivity contribution in [3.8, 4) is 0 Å². The Hall–Kier alpha value is -2.21. The van der Waals surface area contributed by atoms with Crippen LogP contribution in [-0.2, 0) is 42.3 Å². The molecule has 2 unspecified atom stereocenters. The molecule has 1 aliphatic rings. The van der Waals surface area contributed by atoms with Gasteiger partial charge in [-0.1, -0.05) is 90.4 Å². The molecule has 1 rings (SSSR count). The highest BCUT2D eigenvalue weighted by molar-refractivity contribution is 7.47. The first-order valence-corrected chi connectivity index (χ1v) is 20.6. The Morgan fingerprint density at radius 3 is 1.91 bits per heavy atom. The quantitative estimate of drug-likeness (QED) is 0.0408. The number of aliphatic carboxylic acids is 1. The van der Waals surface area contributed by atoms with Crippen molar-refractivity contribution in [1.29, 1.82) is 0 Å². The van der Waals surface area contributed by atoms with Gasteiger partial charge in [0.25, 0.3) is 0 Å². The maximum absolute atomic E-state index is 13.0. The van der Waals surface area contributed by atoms with E-state index in [1.807, 2.05) is 0 Å². The molecule has 0 aromatic heterocycles. The molecule has 0 spiro atoms. The summed E-state index contributed by atoms with van der Waals surface area (Å²) in [7, 11) is -4.58. The number of hydrogen-bond acceptors (Lipinski definition) is 12. The lowest BCUT2D eigenvalue weighted by atomic mass is 9.96. The molecular formula is C35H67N4O13P. The maximum atomic E-state index is 13.0. The highest BCUT2D eigenvalue weighted by atomic mass is 31.2. The molecule has 1 aliphatic heterocycles. The second kappa shape index (κ2) is 26.6. The van der Waals surface area contributed by atoms with Crippen LogP contribution >= 0.6 is 7.82 Å². The SMILES string of the molecule is CCCCCCCCCCCCCCCCOP(=O)(O)OC[C@H]1O[C@H](O)[C@H](NC(C)=O)[C@@H](OC(C)CN(C(=O)[C@H](C)N)[C@H](CCC(=O)O)C(N)=O)[C@@H]1O. The molecule has 310 valence electrons. The summed E-state index contributed by atoms with van der Waals surface area (Å²) in [4.78, 5) is 59.6. The summed E-state index contributed by atoms with van der Waals surface area (Å²) in [5.74, 6) is -3.51. The Bertz CT molecular complexity index is 1130. The van der Waals surface area contributed by atoms with Gasteiger partial charge in [0, 0.05) is 19.9 Å². The van der Waals surface area contributed by atoms with Gasteiger partial charge in [0.15, 0.2) is 6.29 Å². The summed E-state index contributed by atoms with van der Waals surface area (Å²) in [6, 6.07) is -3.78. The molecule has 3 amide bonds. The molecule has 17 nitrogen and oxygen atoms in total. The van der Waals surface area contributed by atoms with E-state index in [9.17, 15) is 38.8 Å². The number of nitrogens with zero attached hydrogens (tertiary/aromatic N) is 1. The molecule has 0 aromatic carbocycles. The molecule has 1 fully saturated rings. The minimum absolute atomic E-state index is 0.0221. The van der Waals surface area contributed by atoms with Gasteiger partial charge in [-0.3, -0.25) is 28.2 Å².